The number of rotatable bonds is 18. The van der Waals surface area contributed by atoms with Crippen molar-refractivity contribution in [2.75, 3.05) is 0 Å². The van der Waals surface area contributed by atoms with Gasteiger partial charge in [0, 0.05) is 12.2 Å². The molecule has 2 aromatic rings. The van der Waals surface area contributed by atoms with Gasteiger partial charge in [-0.05, 0) is 25.8 Å². The normalized spacial score (nSPS) is 11.2. The van der Waals surface area contributed by atoms with Gasteiger partial charge in [-0.15, -0.1) is 0 Å². The van der Waals surface area contributed by atoms with Gasteiger partial charge in [-0.25, -0.2) is 0 Å². The van der Waals surface area contributed by atoms with E-state index >= 15 is 0 Å². The molecule has 0 aliphatic carbocycles. The van der Waals surface area contributed by atoms with Gasteiger partial charge in [0.15, 0.2) is 0 Å². The third-order valence-electron chi connectivity index (χ3n) is 6.93. The fraction of sp³-hybridized carbons (Fsp3) is 0.667. The Morgan fingerprint density at radius 1 is 0.667 bits per heavy atom. The third-order valence-corrected chi connectivity index (χ3v) is 6.93. The summed E-state index contributed by atoms with van der Waals surface area (Å²) in [4.78, 5) is 16.8. The number of hydrogen-bond acceptors (Lipinski definition) is 2. The highest BCUT2D eigenvalue weighted by Gasteiger charge is 2.13. The first kappa shape index (κ1) is 27.3. The summed E-state index contributed by atoms with van der Waals surface area (Å²) in [6.07, 6.45) is 22.1. The SMILES string of the molecule is CCCCCCCCCCCCCCCCCCn1c(C)nc(=O)c(-c2ccccc2)c1C. The van der Waals surface area contributed by atoms with Crippen LogP contribution in [0.15, 0.2) is 35.1 Å². The summed E-state index contributed by atoms with van der Waals surface area (Å²) < 4.78 is 2.23. The molecule has 0 unspecified atom stereocenters. The smallest absolute Gasteiger partial charge is 0.281 e. The van der Waals surface area contributed by atoms with E-state index in [1.165, 1.54) is 96.3 Å². The quantitative estimate of drug-likeness (QED) is 0.212. The first-order valence-electron chi connectivity index (χ1n) is 13.8. The van der Waals surface area contributed by atoms with Crippen molar-refractivity contribution >= 4 is 0 Å². The van der Waals surface area contributed by atoms with E-state index < -0.39 is 0 Å². The Labute approximate surface area is 203 Å². The maximum atomic E-state index is 12.5. The molecule has 0 aliphatic rings. The van der Waals surface area contributed by atoms with Crippen LogP contribution >= 0.6 is 0 Å². The van der Waals surface area contributed by atoms with E-state index in [1.54, 1.807) is 0 Å². The summed E-state index contributed by atoms with van der Waals surface area (Å²) in [5.41, 5.74) is 2.64. The van der Waals surface area contributed by atoms with Crippen LogP contribution in [0, 0.1) is 13.8 Å². The lowest BCUT2D eigenvalue weighted by Crippen LogP contribution is -2.21. The predicted octanol–water partition coefficient (Wildman–Crippen LogP) is 8.79. The van der Waals surface area contributed by atoms with Crippen LogP contribution in [0.25, 0.3) is 11.1 Å². The van der Waals surface area contributed by atoms with Crippen molar-refractivity contribution in [3.05, 3.63) is 52.2 Å². The van der Waals surface area contributed by atoms with E-state index in [1.807, 2.05) is 37.3 Å². The Hall–Kier alpha value is -1.90. The van der Waals surface area contributed by atoms with Crippen molar-refractivity contribution in [3.63, 3.8) is 0 Å². The molecule has 0 radical (unpaired) electrons. The van der Waals surface area contributed by atoms with Gasteiger partial charge in [0.05, 0.1) is 5.56 Å². The lowest BCUT2D eigenvalue weighted by molar-refractivity contribution is 0.514. The summed E-state index contributed by atoms with van der Waals surface area (Å²) in [6.45, 7) is 7.25. The van der Waals surface area contributed by atoms with Crippen LogP contribution in [0.1, 0.15) is 121 Å². The minimum absolute atomic E-state index is 0.112. The summed E-state index contributed by atoms with van der Waals surface area (Å²) in [5.74, 6) is 0.832. The van der Waals surface area contributed by atoms with E-state index in [0.29, 0.717) is 0 Å². The molecule has 0 fully saturated rings. The lowest BCUT2D eigenvalue weighted by atomic mass is 10.0. The van der Waals surface area contributed by atoms with Gasteiger partial charge in [0.1, 0.15) is 5.82 Å². The number of nitrogens with zero attached hydrogens (tertiary/aromatic N) is 2. The average molecular weight is 453 g/mol. The predicted molar refractivity (Wildman–Crippen MR) is 143 cm³/mol. The molecule has 1 aromatic heterocycles. The molecule has 0 bridgehead atoms. The zero-order valence-corrected chi connectivity index (χ0v) is 21.7. The number of hydrogen-bond donors (Lipinski definition) is 0. The van der Waals surface area contributed by atoms with Crippen molar-refractivity contribution in [2.45, 2.75) is 130 Å². The monoisotopic (exact) mass is 452 g/mol. The zero-order chi connectivity index (χ0) is 23.7. The largest absolute Gasteiger partial charge is 0.333 e. The first-order valence-corrected chi connectivity index (χ1v) is 13.8. The molecule has 184 valence electrons. The van der Waals surface area contributed by atoms with Crippen LogP contribution in [0.5, 0.6) is 0 Å². The summed E-state index contributed by atoms with van der Waals surface area (Å²) >= 11 is 0. The van der Waals surface area contributed by atoms with Gasteiger partial charge >= 0.3 is 0 Å². The first-order chi connectivity index (χ1) is 16.1. The van der Waals surface area contributed by atoms with Gasteiger partial charge in [0.2, 0.25) is 0 Å². The van der Waals surface area contributed by atoms with Crippen LogP contribution in [-0.4, -0.2) is 9.55 Å². The molecule has 0 amide bonds. The van der Waals surface area contributed by atoms with Gasteiger partial charge in [-0.1, -0.05) is 134 Å². The standard InChI is InChI=1S/C30H48N2O/c1-4-5-6-7-8-9-10-11-12-13-14-15-16-17-18-22-25-32-26(2)29(30(33)31-27(32)3)28-23-20-19-21-24-28/h19-21,23-24H,4-18,22,25H2,1-3H3. The van der Waals surface area contributed by atoms with E-state index in [0.717, 1.165) is 35.6 Å². The molecule has 2 rings (SSSR count). The number of aryl methyl sites for hydroxylation is 1. The molecule has 0 aliphatic heterocycles. The van der Waals surface area contributed by atoms with E-state index in [9.17, 15) is 4.79 Å². The molecule has 0 saturated carbocycles. The van der Waals surface area contributed by atoms with Crippen LogP contribution in [0.2, 0.25) is 0 Å². The lowest BCUT2D eigenvalue weighted by Gasteiger charge is -2.17. The van der Waals surface area contributed by atoms with E-state index in [2.05, 4.69) is 23.4 Å². The molecule has 0 atom stereocenters. The zero-order valence-electron chi connectivity index (χ0n) is 21.7. The summed E-state index contributed by atoms with van der Waals surface area (Å²) in [7, 11) is 0. The maximum absolute atomic E-state index is 12.5. The molecule has 3 heteroatoms. The van der Waals surface area contributed by atoms with Crippen LogP contribution < -0.4 is 5.56 Å². The second-order valence-corrected chi connectivity index (χ2v) is 9.75. The van der Waals surface area contributed by atoms with Gasteiger partial charge < -0.3 is 4.57 Å². The number of unbranched alkanes of at least 4 members (excludes halogenated alkanes) is 15. The summed E-state index contributed by atoms with van der Waals surface area (Å²) in [5, 5.41) is 0. The Balaban J connectivity index is 1.56. The molecule has 1 heterocycles. The number of benzene rings is 1. The molecular weight excluding hydrogens is 404 g/mol. The third kappa shape index (κ3) is 10.3. The van der Waals surface area contributed by atoms with Crippen LogP contribution in [-0.2, 0) is 6.54 Å². The van der Waals surface area contributed by atoms with E-state index in [4.69, 9.17) is 0 Å². The highest BCUT2D eigenvalue weighted by atomic mass is 16.1. The Bertz CT molecular complexity index is 825. The fourth-order valence-corrected chi connectivity index (χ4v) is 4.88. The van der Waals surface area contributed by atoms with Crippen LogP contribution in [0.3, 0.4) is 0 Å². The topological polar surface area (TPSA) is 34.9 Å². The maximum Gasteiger partial charge on any atom is 0.281 e. The molecule has 0 spiro atoms. The Morgan fingerprint density at radius 3 is 1.61 bits per heavy atom. The molecular formula is C30H48N2O. The fourth-order valence-electron chi connectivity index (χ4n) is 4.88. The van der Waals surface area contributed by atoms with Crippen molar-refractivity contribution in [1.82, 2.24) is 9.55 Å². The van der Waals surface area contributed by atoms with Gasteiger partial charge in [-0.3, -0.25) is 4.79 Å². The van der Waals surface area contributed by atoms with Crippen molar-refractivity contribution < 1.29 is 0 Å². The number of aromatic nitrogens is 2. The Kier molecular flexibility index (Phi) is 13.8. The molecule has 3 nitrogen and oxygen atoms in total. The summed E-state index contributed by atoms with van der Waals surface area (Å²) in [6, 6.07) is 9.94. The Morgan fingerprint density at radius 2 is 1.12 bits per heavy atom. The molecule has 33 heavy (non-hydrogen) atoms. The molecule has 0 N–H and O–H groups in total. The minimum atomic E-state index is -0.112. The van der Waals surface area contributed by atoms with Gasteiger partial charge in [-0.2, -0.15) is 4.98 Å². The van der Waals surface area contributed by atoms with Crippen molar-refractivity contribution in [2.24, 2.45) is 0 Å². The minimum Gasteiger partial charge on any atom is -0.333 e. The second-order valence-electron chi connectivity index (χ2n) is 9.75. The highest BCUT2D eigenvalue weighted by molar-refractivity contribution is 5.64. The van der Waals surface area contributed by atoms with Crippen molar-refractivity contribution in [3.8, 4) is 11.1 Å². The van der Waals surface area contributed by atoms with Crippen molar-refractivity contribution in [1.29, 1.82) is 0 Å². The highest BCUT2D eigenvalue weighted by Crippen LogP contribution is 2.20. The average Bonchev–Trinajstić information content (AvgIpc) is 2.81. The van der Waals surface area contributed by atoms with Crippen LogP contribution in [0.4, 0.5) is 0 Å². The van der Waals surface area contributed by atoms with Gasteiger partial charge in [0.25, 0.3) is 5.56 Å². The molecule has 1 aromatic carbocycles. The second kappa shape index (κ2) is 16.7. The van der Waals surface area contributed by atoms with E-state index in [-0.39, 0.29) is 5.56 Å². The molecule has 0 saturated heterocycles.